The zero-order valence-corrected chi connectivity index (χ0v) is 12.4. The molecule has 0 radical (unpaired) electrons. The molecule has 0 aromatic rings. The van der Waals surface area contributed by atoms with E-state index in [0.29, 0.717) is 25.6 Å². The third-order valence-electron chi connectivity index (χ3n) is 4.57. The summed E-state index contributed by atoms with van der Waals surface area (Å²) in [4.78, 5) is 29.3. The maximum Gasteiger partial charge on any atom is 0.320 e. The summed E-state index contributed by atoms with van der Waals surface area (Å²) in [6, 6.07) is 0.468. The largest absolute Gasteiger partial charge is 0.481 e. The molecule has 2 heterocycles. The van der Waals surface area contributed by atoms with Gasteiger partial charge in [0.25, 0.3) is 0 Å². The second-order valence-corrected chi connectivity index (χ2v) is 5.66. The van der Waals surface area contributed by atoms with E-state index >= 15 is 0 Å². The van der Waals surface area contributed by atoms with Crippen LogP contribution < -0.4 is 0 Å². The van der Waals surface area contributed by atoms with Gasteiger partial charge in [-0.05, 0) is 25.9 Å². The Hall–Kier alpha value is -1.30. The molecule has 2 saturated heterocycles. The van der Waals surface area contributed by atoms with Crippen LogP contribution in [0.3, 0.4) is 0 Å². The molecule has 0 aromatic heterocycles. The Balaban J connectivity index is 1.87. The van der Waals surface area contributed by atoms with Crippen molar-refractivity contribution in [1.29, 1.82) is 0 Å². The van der Waals surface area contributed by atoms with Crippen molar-refractivity contribution in [3.8, 4) is 0 Å². The Morgan fingerprint density at radius 3 is 2.25 bits per heavy atom. The minimum Gasteiger partial charge on any atom is -0.481 e. The minimum atomic E-state index is -0.789. The topological polar surface area (TPSA) is 64.1 Å². The van der Waals surface area contributed by atoms with Crippen LogP contribution in [0.25, 0.3) is 0 Å². The van der Waals surface area contributed by atoms with Gasteiger partial charge in [-0.15, -0.1) is 0 Å². The number of amides is 2. The normalized spacial score (nSPS) is 26.6. The molecule has 2 fully saturated rings. The molecule has 0 bridgehead atoms. The van der Waals surface area contributed by atoms with E-state index in [1.807, 2.05) is 4.90 Å². The molecule has 0 saturated carbocycles. The zero-order valence-electron chi connectivity index (χ0n) is 12.4. The van der Waals surface area contributed by atoms with Gasteiger partial charge < -0.3 is 14.9 Å². The van der Waals surface area contributed by atoms with Gasteiger partial charge in [-0.25, -0.2) is 4.79 Å². The highest BCUT2D eigenvalue weighted by Crippen LogP contribution is 2.21. The van der Waals surface area contributed by atoms with Gasteiger partial charge in [0.2, 0.25) is 0 Å². The third-order valence-corrected chi connectivity index (χ3v) is 4.57. The van der Waals surface area contributed by atoms with Crippen LogP contribution in [0.2, 0.25) is 0 Å². The fourth-order valence-corrected chi connectivity index (χ4v) is 3.29. The van der Waals surface area contributed by atoms with Crippen LogP contribution in [0.15, 0.2) is 0 Å². The number of likely N-dealkylation sites (tertiary alicyclic amines) is 2. The Kier molecular flexibility index (Phi) is 4.86. The highest BCUT2D eigenvalue weighted by molar-refractivity contribution is 5.77. The van der Waals surface area contributed by atoms with Crippen molar-refractivity contribution in [2.75, 3.05) is 39.3 Å². The molecule has 2 rings (SSSR count). The molecular formula is C14H25N3O3. The van der Waals surface area contributed by atoms with Gasteiger partial charge in [0.15, 0.2) is 0 Å². The van der Waals surface area contributed by atoms with Gasteiger partial charge >= 0.3 is 12.0 Å². The number of urea groups is 1. The lowest BCUT2D eigenvalue weighted by atomic mass is 10.1. The summed E-state index contributed by atoms with van der Waals surface area (Å²) in [5.41, 5.74) is 0. The van der Waals surface area contributed by atoms with Crippen LogP contribution in [0.1, 0.15) is 26.7 Å². The summed E-state index contributed by atoms with van der Waals surface area (Å²) in [5.74, 6) is -1.18. The molecule has 6 heteroatoms. The first kappa shape index (κ1) is 15.1. The Bertz CT molecular complexity index is 371. The van der Waals surface area contributed by atoms with E-state index in [9.17, 15) is 9.59 Å². The van der Waals surface area contributed by atoms with Crippen LogP contribution in [-0.2, 0) is 4.79 Å². The number of aliphatic carboxylic acids is 1. The molecule has 0 spiro atoms. The number of nitrogens with zero attached hydrogens (tertiary/aromatic N) is 3. The van der Waals surface area contributed by atoms with Gasteiger partial charge in [-0.2, -0.15) is 0 Å². The van der Waals surface area contributed by atoms with Crippen molar-refractivity contribution >= 4 is 12.0 Å². The second-order valence-electron chi connectivity index (χ2n) is 5.66. The lowest BCUT2D eigenvalue weighted by Gasteiger charge is -2.27. The summed E-state index contributed by atoms with van der Waals surface area (Å²) < 4.78 is 0. The number of rotatable bonds is 4. The second kappa shape index (κ2) is 6.43. The quantitative estimate of drug-likeness (QED) is 0.833. The van der Waals surface area contributed by atoms with Crippen molar-refractivity contribution in [1.82, 2.24) is 14.7 Å². The Morgan fingerprint density at radius 2 is 1.70 bits per heavy atom. The molecule has 6 nitrogen and oxygen atoms in total. The summed E-state index contributed by atoms with van der Waals surface area (Å²) in [5, 5.41) is 9.00. The molecule has 2 unspecified atom stereocenters. The Labute approximate surface area is 120 Å². The van der Waals surface area contributed by atoms with Crippen molar-refractivity contribution in [3.63, 3.8) is 0 Å². The third kappa shape index (κ3) is 3.06. The smallest absolute Gasteiger partial charge is 0.320 e. The van der Waals surface area contributed by atoms with E-state index < -0.39 is 5.97 Å². The van der Waals surface area contributed by atoms with E-state index in [1.54, 1.807) is 4.90 Å². The molecule has 2 atom stereocenters. The van der Waals surface area contributed by atoms with Crippen molar-refractivity contribution in [2.45, 2.75) is 32.7 Å². The van der Waals surface area contributed by atoms with Crippen molar-refractivity contribution in [3.05, 3.63) is 0 Å². The van der Waals surface area contributed by atoms with E-state index in [4.69, 9.17) is 5.11 Å². The van der Waals surface area contributed by atoms with E-state index in [2.05, 4.69) is 18.7 Å². The molecule has 2 aliphatic heterocycles. The standard InChI is InChI=1S/C14H25N3O3/c1-3-15(4-2)12-6-8-17(10-12)14(20)16-7-5-11(9-16)13(18)19/h11-12H,3-10H2,1-2H3,(H,18,19). The van der Waals surface area contributed by atoms with Gasteiger partial charge in [0, 0.05) is 32.2 Å². The van der Waals surface area contributed by atoms with Crippen LogP contribution in [0, 0.1) is 5.92 Å². The first-order valence-electron chi connectivity index (χ1n) is 7.57. The van der Waals surface area contributed by atoms with E-state index in [1.165, 1.54) is 0 Å². The molecule has 1 N–H and O–H groups in total. The summed E-state index contributed by atoms with van der Waals surface area (Å²) in [6.45, 7) is 8.80. The lowest BCUT2D eigenvalue weighted by Crippen LogP contribution is -2.43. The average Bonchev–Trinajstić information content (AvgIpc) is 3.09. The number of likely N-dealkylation sites (N-methyl/N-ethyl adjacent to an activating group) is 1. The van der Waals surface area contributed by atoms with Crippen LogP contribution in [0.5, 0.6) is 0 Å². The number of hydrogen-bond acceptors (Lipinski definition) is 3. The van der Waals surface area contributed by atoms with E-state index in [0.717, 1.165) is 32.6 Å². The number of carboxylic acids is 1. The zero-order chi connectivity index (χ0) is 14.7. The predicted molar refractivity (Wildman–Crippen MR) is 75.6 cm³/mol. The average molecular weight is 283 g/mol. The van der Waals surface area contributed by atoms with Crippen LogP contribution in [0.4, 0.5) is 4.79 Å². The predicted octanol–water partition coefficient (Wildman–Crippen LogP) is 0.929. The van der Waals surface area contributed by atoms with Crippen LogP contribution >= 0.6 is 0 Å². The van der Waals surface area contributed by atoms with Gasteiger partial charge in [-0.3, -0.25) is 9.69 Å². The molecule has 0 aromatic carbocycles. The lowest BCUT2D eigenvalue weighted by molar-refractivity contribution is -0.141. The van der Waals surface area contributed by atoms with Gasteiger partial charge in [0.05, 0.1) is 5.92 Å². The number of carboxylic acid groups (broad SMARTS) is 1. The monoisotopic (exact) mass is 283 g/mol. The highest BCUT2D eigenvalue weighted by atomic mass is 16.4. The fraction of sp³-hybridized carbons (Fsp3) is 0.857. The molecule has 2 amide bonds. The van der Waals surface area contributed by atoms with Crippen molar-refractivity contribution in [2.24, 2.45) is 5.92 Å². The van der Waals surface area contributed by atoms with E-state index in [-0.39, 0.29) is 11.9 Å². The summed E-state index contributed by atoms with van der Waals surface area (Å²) in [6.07, 6.45) is 1.60. The number of hydrogen-bond donors (Lipinski definition) is 1. The Morgan fingerprint density at radius 1 is 1.10 bits per heavy atom. The number of carbonyl (C=O) groups excluding carboxylic acids is 1. The first-order valence-corrected chi connectivity index (χ1v) is 7.57. The SMILES string of the molecule is CCN(CC)C1CCN(C(=O)N2CCC(C(=O)O)C2)C1. The summed E-state index contributed by atoms with van der Waals surface area (Å²) >= 11 is 0. The molecule has 0 aliphatic carbocycles. The van der Waals surface area contributed by atoms with Crippen LogP contribution in [-0.4, -0.2) is 77.1 Å². The van der Waals surface area contributed by atoms with Gasteiger partial charge in [-0.1, -0.05) is 13.8 Å². The van der Waals surface area contributed by atoms with Gasteiger partial charge in [0.1, 0.15) is 0 Å². The maximum atomic E-state index is 12.4. The maximum absolute atomic E-state index is 12.4. The molecule has 20 heavy (non-hydrogen) atoms. The summed E-state index contributed by atoms with van der Waals surface area (Å²) in [7, 11) is 0. The molecule has 114 valence electrons. The molecule has 2 aliphatic rings. The number of carbonyl (C=O) groups is 2. The molecular weight excluding hydrogens is 258 g/mol. The highest BCUT2D eigenvalue weighted by Gasteiger charge is 2.36. The fourth-order valence-electron chi connectivity index (χ4n) is 3.29. The first-order chi connectivity index (χ1) is 9.56. The minimum absolute atomic E-state index is 0.0170. The van der Waals surface area contributed by atoms with Crippen molar-refractivity contribution < 1.29 is 14.7 Å².